The Bertz CT molecular complexity index is 179. The molecule has 0 fully saturated rings. The maximum Gasteiger partial charge on any atom is 0.394 e. The summed E-state index contributed by atoms with van der Waals surface area (Å²) in [4.78, 5) is 22.7. The van der Waals surface area contributed by atoms with E-state index in [2.05, 4.69) is 0 Å². The molecular weight excluding hydrogens is 158 g/mol. The van der Waals surface area contributed by atoms with Crippen LogP contribution in [-0.4, -0.2) is 34.5 Å². The maximum absolute atomic E-state index is 11.0. The molecule has 0 bridgehead atoms. The molecule has 0 aliphatic heterocycles. The first kappa shape index (κ1) is 10.9. The van der Waals surface area contributed by atoms with Crippen molar-refractivity contribution < 1.29 is 14.7 Å². The normalized spacial score (nSPS) is 12.2. The van der Waals surface area contributed by atoms with Gasteiger partial charge >= 0.3 is 11.9 Å². The maximum atomic E-state index is 11.0. The zero-order valence-corrected chi connectivity index (χ0v) is 7.70. The lowest BCUT2D eigenvalue weighted by molar-refractivity contribution is -0.156. The number of likely N-dealkylation sites (N-methyl/N-ethyl adjacent to an activating group) is 1. The number of aliphatic carboxylic acids is 1. The number of amides is 1. The van der Waals surface area contributed by atoms with E-state index in [0.717, 1.165) is 6.42 Å². The molecule has 0 heterocycles. The van der Waals surface area contributed by atoms with Gasteiger partial charge in [0.2, 0.25) is 0 Å². The summed E-state index contributed by atoms with van der Waals surface area (Å²) in [7, 11) is 0. The molecule has 1 amide bonds. The first-order valence-corrected chi connectivity index (χ1v) is 4.08. The minimum Gasteiger partial charge on any atom is -0.474 e. The summed E-state index contributed by atoms with van der Waals surface area (Å²) in [5.74, 6) is -2.19. The summed E-state index contributed by atoms with van der Waals surface area (Å²) < 4.78 is 0. The van der Waals surface area contributed by atoms with Crippen LogP contribution in [-0.2, 0) is 9.59 Å². The molecule has 0 rings (SSSR count). The molecule has 1 unspecified atom stereocenters. The van der Waals surface area contributed by atoms with Crippen molar-refractivity contribution in [1.29, 1.82) is 0 Å². The van der Waals surface area contributed by atoms with Gasteiger partial charge in [-0.25, -0.2) is 4.79 Å². The fourth-order valence-electron chi connectivity index (χ4n) is 0.999. The van der Waals surface area contributed by atoms with Gasteiger partial charge < -0.3 is 10.0 Å². The minimum absolute atomic E-state index is 0.00130. The van der Waals surface area contributed by atoms with Crippen LogP contribution in [0.3, 0.4) is 0 Å². The van der Waals surface area contributed by atoms with Crippen molar-refractivity contribution in [2.45, 2.75) is 33.2 Å². The molecule has 0 saturated carbocycles. The van der Waals surface area contributed by atoms with Crippen LogP contribution in [0.25, 0.3) is 0 Å². The number of carboxylic acids is 1. The highest BCUT2D eigenvalue weighted by Gasteiger charge is 2.22. The number of carboxylic acid groups (broad SMARTS) is 1. The molecule has 0 spiro atoms. The first-order valence-electron chi connectivity index (χ1n) is 4.08. The third-order valence-corrected chi connectivity index (χ3v) is 1.91. The van der Waals surface area contributed by atoms with Gasteiger partial charge in [-0.05, 0) is 20.3 Å². The van der Waals surface area contributed by atoms with Gasteiger partial charge in [0.1, 0.15) is 0 Å². The van der Waals surface area contributed by atoms with Crippen molar-refractivity contribution in [3.63, 3.8) is 0 Å². The summed E-state index contributed by atoms with van der Waals surface area (Å²) >= 11 is 0. The molecule has 0 aliphatic carbocycles. The van der Waals surface area contributed by atoms with E-state index in [1.807, 2.05) is 13.8 Å². The molecular formula is C8H15NO3. The smallest absolute Gasteiger partial charge is 0.394 e. The van der Waals surface area contributed by atoms with Gasteiger partial charge in [-0.1, -0.05) is 6.92 Å². The third kappa shape index (κ3) is 2.53. The summed E-state index contributed by atoms with van der Waals surface area (Å²) in [6.07, 6.45) is 0.771. The molecule has 1 N–H and O–H groups in total. The minimum atomic E-state index is -1.38. The van der Waals surface area contributed by atoms with Crippen molar-refractivity contribution in [3.05, 3.63) is 0 Å². The van der Waals surface area contributed by atoms with Crippen LogP contribution in [0.5, 0.6) is 0 Å². The zero-order chi connectivity index (χ0) is 9.72. The Morgan fingerprint density at radius 2 is 1.92 bits per heavy atom. The fourth-order valence-corrected chi connectivity index (χ4v) is 0.999. The first-order chi connectivity index (χ1) is 5.54. The number of hydrogen-bond donors (Lipinski definition) is 1. The molecule has 0 aromatic rings. The monoisotopic (exact) mass is 173 g/mol. The average molecular weight is 173 g/mol. The number of hydrogen-bond acceptors (Lipinski definition) is 2. The predicted octanol–water partition coefficient (Wildman–Crippen LogP) is 0.718. The second-order valence-electron chi connectivity index (χ2n) is 2.65. The molecule has 0 radical (unpaired) electrons. The molecule has 4 heteroatoms. The molecule has 0 saturated heterocycles. The standard InChI is InChI=1S/C8H15NO3/c1-4-6(3)9(5-2)7(10)8(11)12/h6H,4-5H2,1-3H3,(H,11,12). The molecule has 70 valence electrons. The van der Waals surface area contributed by atoms with Crippen molar-refractivity contribution in [2.24, 2.45) is 0 Å². The molecule has 0 aliphatic rings. The van der Waals surface area contributed by atoms with Crippen LogP contribution in [0.1, 0.15) is 27.2 Å². The van der Waals surface area contributed by atoms with E-state index in [0.29, 0.717) is 6.54 Å². The lowest BCUT2D eigenvalue weighted by Gasteiger charge is -2.24. The van der Waals surface area contributed by atoms with E-state index in [4.69, 9.17) is 5.11 Å². The SMILES string of the molecule is CCC(C)N(CC)C(=O)C(=O)O. The Hall–Kier alpha value is -1.06. The van der Waals surface area contributed by atoms with E-state index in [-0.39, 0.29) is 6.04 Å². The topological polar surface area (TPSA) is 57.6 Å². The predicted molar refractivity (Wildman–Crippen MR) is 44.8 cm³/mol. The van der Waals surface area contributed by atoms with Gasteiger partial charge in [-0.3, -0.25) is 4.79 Å². The second-order valence-corrected chi connectivity index (χ2v) is 2.65. The highest BCUT2D eigenvalue weighted by molar-refractivity contribution is 6.31. The van der Waals surface area contributed by atoms with Crippen molar-refractivity contribution in [2.75, 3.05) is 6.54 Å². The van der Waals surface area contributed by atoms with Gasteiger partial charge in [0, 0.05) is 12.6 Å². The van der Waals surface area contributed by atoms with Crippen molar-refractivity contribution in [3.8, 4) is 0 Å². The fraction of sp³-hybridized carbons (Fsp3) is 0.750. The van der Waals surface area contributed by atoms with Crippen LogP contribution in [0.2, 0.25) is 0 Å². The summed E-state index contributed by atoms with van der Waals surface area (Å²) in [6.45, 7) is 5.97. The van der Waals surface area contributed by atoms with E-state index in [1.165, 1.54) is 4.90 Å². The number of carbonyl (C=O) groups excluding carboxylic acids is 1. The van der Waals surface area contributed by atoms with Gasteiger partial charge in [0.15, 0.2) is 0 Å². The van der Waals surface area contributed by atoms with E-state index in [1.54, 1.807) is 6.92 Å². The Balaban J connectivity index is 4.34. The molecule has 12 heavy (non-hydrogen) atoms. The molecule has 0 aromatic heterocycles. The van der Waals surface area contributed by atoms with E-state index >= 15 is 0 Å². The summed E-state index contributed by atoms with van der Waals surface area (Å²) in [6, 6.07) is -0.00130. The average Bonchev–Trinajstić information content (AvgIpc) is 2.05. The number of rotatable bonds is 3. The Labute approximate surface area is 72.2 Å². The molecule has 4 nitrogen and oxygen atoms in total. The highest BCUT2D eigenvalue weighted by Crippen LogP contribution is 2.02. The van der Waals surface area contributed by atoms with Crippen LogP contribution >= 0.6 is 0 Å². The molecule has 0 aromatic carbocycles. The number of carbonyl (C=O) groups is 2. The largest absolute Gasteiger partial charge is 0.474 e. The van der Waals surface area contributed by atoms with Gasteiger partial charge in [-0.2, -0.15) is 0 Å². The summed E-state index contributed by atoms with van der Waals surface area (Å²) in [5.41, 5.74) is 0. The Morgan fingerprint density at radius 3 is 2.17 bits per heavy atom. The Kier molecular flexibility index (Phi) is 4.33. The quantitative estimate of drug-likeness (QED) is 0.640. The van der Waals surface area contributed by atoms with Crippen LogP contribution in [0.15, 0.2) is 0 Å². The van der Waals surface area contributed by atoms with Crippen molar-refractivity contribution >= 4 is 11.9 Å². The van der Waals surface area contributed by atoms with Gasteiger partial charge in [0.25, 0.3) is 0 Å². The van der Waals surface area contributed by atoms with Crippen LogP contribution < -0.4 is 0 Å². The lowest BCUT2D eigenvalue weighted by atomic mass is 10.2. The van der Waals surface area contributed by atoms with Crippen LogP contribution in [0, 0.1) is 0 Å². The number of nitrogens with zero attached hydrogens (tertiary/aromatic N) is 1. The second kappa shape index (κ2) is 4.74. The third-order valence-electron chi connectivity index (χ3n) is 1.91. The van der Waals surface area contributed by atoms with E-state index < -0.39 is 11.9 Å². The lowest BCUT2D eigenvalue weighted by Crippen LogP contribution is -2.42. The van der Waals surface area contributed by atoms with Crippen LogP contribution in [0.4, 0.5) is 0 Å². The molecule has 1 atom stereocenters. The highest BCUT2D eigenvalue weighted by atomic mass is 16.4. The van der Waals surface area contributed by atoms with E-state index in [9.17, 15) is 9.59 Å². The summed E-state index contributed by atoms with van der Waals surface area (Å²) in [5, 5.41) is 8.44. The van der Waals surface area contributed by atoms with Gasteiger partial charge in [-0.15, -0.1) is 0 Å². The Morgan fingerprint density at radius 1 is 1.42 bits per heavy atom. The zero-order valence-electron chi connectivity index (χ0n) is 7.70. The van der Waals surface area contributed by atoms with Crippen molar-refractivity contribution in [1.82, 2.24) is 4.90 Å². The van der Waals surface area contributed by atoms with Gasteiger partial charge in [0.05, 0.1) is 0 Å².